The summed E-state index contributed by atoms with van der Waals surface area (Å²) >= 11 is 5.15. The number of aryl methyl sites for hydroxylation is 1. The van der Waals surface area contributed by atoms with E-state index in [1.807, 2.05) is 19.2 Å². The van der Waals surface area contributed by atoms with Crippen molar-refractivity contribution in [2.45, 2.75) is 26.4 Å². The van der Waals surface area contributed by atoms with E-state index in [1.165, 1.54) is 0 Å². The Morgan fingerprint density at radius 2 is 2.39 bits per heavy atom. The van der Waals surface area contributed by atoms with Crippen molar-refractivity contribution in [2.24, 2.45) is 5.73 Å². The molecular formula is C13H19N3OS. The summed E-state index contributed by atoms with van der Waals surface area (Å²) in [6, 6.07) is 1.94. The predicted octanol–water partition coefficient (Wildman–Crippen LogP) is 1.64. The van der Waals surface area contributed by atoms with E-state index < -0.39 is 0 Å². The van der Waals surface area contributed by atoms with Crippen molar-refractivity contribution in [3.05, 3.63) is 23.4 Å². The number of hydrogen-bond donors (Lipinski definition) is 1. The highest BCUT2D eigenvalue weighted by Gasteiger charge is 2.20. The zero-order valence-electron chi connectivity index (χ0n) is 10.8. The van der Waals surface area contributed by atoms with Gasteiger partial charge in [0.25, 0.3) is 0 Å². The number of rotatable bonds is 2. The van der Waals surface area contributed by atoms with Crippen LogP contribution in [0, 0.1) is 6.92 Å². The first-order valence-electron chi connectivity index (χ1n) is 6.21. The van der Waals surface area contributed by atoms with E-state index in [0.717, 1.165) is 43.1 Å². The molecule has 5 heteroatoms. The lowest BCUT2D eigenvalue weighted by Crippen LogP contribution is -2.33. The number of nitrogens with two attached hydrogens (primary N) is 1. The molecule has 1 aromatic heterocycles. The maximum atomic E-state index is 5.83. The Morgan fingerprint density at radius 3 is 3.11 bits per heavy atom. The summed E-state index contributed by atoms with van der Waals surface area (Å²) in [4.78, 5) is 7.10. The molecule has 1 aliphatic rings. The maximum absolute atomic E-state index is 5.83. The molecule has 1 aliphatic heterocycles. The van der Waals surface area contributed by atoms with Gasteiger partial charge in [-0.1, -0.05) is 12.2 Å². The third-order valence-corrected chi connectivity index (χ3v) is 3.34. The summed E-state index contributed by atoms with van der Waals surface area (Å²) in [5, 5.41) is 0. The molecule has 1 fully saturated rings. The van der Waals surface area contributed by atoms with Gasteiger partial charge >= 0.3 is 0 Å². The summed E-state index contributed by atoms with van der Waals surface area (Å²) in [5.41, 5.74) is 7.79. The molecule has 2 N–H and O–H groups in total. The molecule has 2 rings (SSSR count). The molecule has 0 amide bonds. The van der Waals surface area contributed by atoms with Crippen molar-refractivity contribution in [1.29, 1.82) is 0 Å². The van der Waals surface area contributed by atoms with Crippen LogP contribution in [0.5, 0.6) is 0 Å². The van der Waals surface area contributed by atoms with E-state index >= 15 is 0 Å². The van der Waals surface area contributed by atoms with Gasteiger partial charge < -0.3 is 15.4 Å². The fourth-order valence-corrected chi connectivity index (χ4v) is 2.53. The fraction of sp³-hybridized carbons (Fsp3) is 0.538. The highest BCUT2D eigenvalue weighted by molar-refractivity contribution is 7.80. The molecule has 0 radical (unpaired) electrons. The Balaban J connectivity index is 2.37. The number of pyridine rings is 1. The second-order valence-corrected chi connectivity index (χ2v) is 5.11. The monoisotopic (exact) mass is 265 g/mol. The van der Waals surface area contributed by atoms with Crippen molar-refractivity contribution >= 4 is 23.0 Å². The van der Waals surface area contributed by atoms with Crippen molar-refractivity contribution in [1.82, 2.24) is 4.98 Å². The normalized spacial score (nSPS) is 20.6. The second-order valence-electron chi connectivity index (χ2n) is 4.67. The largest absolute Gasteiger partial charge is 0.389 e. The third kappa shape index (κ3) is 2.79. The third-order valence-electron chi connectivity index (χ3n) is 3.14. The standard InChI is InChI=1S/C13H19N3OS/c1-9-4-5-15-13(11(9)12(14)18)16-6-3-7-17-10(2)8-16/h4-5,10H,3,6-8H2,1-2H3,(H2,14,18). The van der Waals surface area contributed by atoms with E-state index in [4.69, 9.17) is 22.7 Å². The quantitative estimate of drug-likeness (QED) is 0.824. The van der Waals surface area contributed by atoms with Crippen LogP contribution >= 0.6 is 12.2 Å². The zero-order valence-corrected chi connectivity index (χ0v) is 11.7. The smallest absolute Gasteiger partial charge is 0.139 e. The number of aromatic nitrogens is 1. The fourth-order valence-electron chi connectivity index (χ4n) is 2.27. The molecule has 0 aliphatic carbocycles. The van der Waals surface area contributed by atoms with Crippen LogP contribution in [0.1, 0.15) is 24.5 Å². The van der Waals surface area contributed by atoms with Crippen molar-refractivity contribution in [2.75, 3.05) is 24.6 Å². The van der Waals surface area contributed by atoms with Crippen LogP contribution in [0.25, 0.3) is 0 Å². The highest BCUT2D eigenvalue weighted by atomic mass is 32.1. The Morgan fingerprint density at radius 1 is 1.61 bits per heavy atom. The summed E-state index contributed by atoms with van der Waals surface area (Å²) in [6.07, 6.45) is 3.01. The van der Waals surface area contributed by atoms with Gasteiger partial charge in [-0.3, -0.25) is 0 Å². The predicted molar refractivity (Wildman–Crippen MR) is 77.1 cm³/mol. The van der Waals surface area contributed by atoms with E-state index in [1.54, 1.807) is 0 Å². The SMILES string of the molecule is Cc1ccnc(N2CCCOC(C)C2)c1C(N)=S. The minimum atomic E-state index is 0.203. The van der Waals surface area contributed by atoms with Gasteiger partial charge in [-0.15, -0.1) is 0 Å². The average molecular weight is 265 g/mol. The highest BCUT2D eigenvalue weighted by Crippen LogP contribution is 2.22. The van der Waals surface area contributed by atoms with Crippen LogP contribution in [0.2, 0.25) is 0 Å². The lowest BCUT2D eigenvalue weighted by molar-refractivity contribution is 0.0820. The van der Waals surface area contributed by atoms with E-state index in [2.05, 4.69) is 16.8 Å². The van der Waals surface area contributed by atoms with Gasteiger partial charge in [0.1, 0.15) is 10.8 Å². The molecule has 18 heavy (non-hydrogen) atoms. The average Bonchev–Trinajstić information content (AvgIpc) is 2.53. The van der Waals surface area contributed by atoms with E-state index in [9.17, 15) is 0 Å². The van der Waals surface area contributed by atoms with Crippen LogP contribution in [-0.2, 0) is 4.74 Å². The van der Waals surface area contributed by atoms with Crippen LogP contribution < -0.4 is 10.6 Å². The minimum Gasteiger partial charge on any atom is -0.389 e. The Bertz CT molecular complexity index is 450. The molecular weight excluding hydrogens is 246 g/mol. The Labute approximate surface area is 113 Å². The first kappa shape index (κ1) is 13.2. The first-order chi connectivity index (χ1) is 8.59. The van der Waals surface area contributed by atoms with Crippen LogP contribution in [-0.4, -0.2) is 35.8 Å². The summed E-state index contributed by atoms with van der Waals surface area (Å²) < 4.78 is 5.65. The van der Waals surface area contributed by atoms with Gasteiger partial charge in [-0.2, -0.15) is 0 Å². The lowest BCUT2D eigenvalue weighted by Gasteiger charge is -2.25. The Kier molecular flexibility index (Phi) is 4.14. The Hall–Kier alpha value is -1.20. The van der Waals surface area contributed by atoms with Gasteiger partial charge in [0, 0.05) is 25.9 Å². The molecule has 1 aromatic rings. The van der Waals surface area contributed by atoms with Crippen molar-refractivity contribution < 1.29 is 4.74 Å². The maximum Gasteiger partial charge on any atom is 0.139 e. The molecule has 0 spiro atoms. The molecule has 0 bridgehead atoms. The van der Waals surface area contributed by atoms with Crippen LogP contribution in [0.15, 0.2) is 12.3 Å². The van der Waals surface area contributed by atoms with E-state index in [-0.39, 0.29) is 6.10 Å². The summed E-state index contributed by atoms with van der Waals surface area (Å²) in [5.74, 6) is 0.889. The molecule has 4 nitrogen and oxygen atoms in total. The first-order valence-corrected chi connectivity index (χ1v) is 6.62. The van der Waals surface area contributed by atoms with E-state index in [0.29, 0.717) is 4.99 Å². The van der Waals surface area contributed by atoms with Gasteiger partial charge in [0.05, 0.1) is 11.7 Å². The van der Waals surface area contributed by atoms with Crippen LogP contribution in [0.3, 0.4) is 0 Å². The van der Waals surface area contributed by atoms with Crippen LogP contribution in [0.4, 0.5) is 5.82 Å². The zero-order chi connectivity index (χ0) is 13.1. The molecule has 1 saturated heterocycles. The molecule has 98 valence electrons. The molecule has 1 atom stereocenters. The number of anilines is 1. The number of thiocarbonyl (C=S) groups is 1. The molecule has 0 saturated carbocycles. The van der Waals surface area contributed by atoms with Gasteiger partial charge in [0.2, 0.25) is 0 Å². The van der Waals surface area contributed by atoms with Gasteiger partial charge in [-0.25, -0.2) is 4.98 Å². The molecule has 1 unspecified atom stereocenters. The van der Waals surface area contributed by atoms with Crippen molar-refractivity contribution in [3.63, 3.8) is 0 Å². The number of nitrogens with zero attached hydrogens (tertiary/aromatic N) is 2. The minimum absolute atomic E-state index is 0.203. The van der Waals surface area contributed by atoms with Gasteiger partial charge in [-0.05, 0) is 31.9 Å². The second kappa shape index (κ2) is 5.63. The summed E-state index contributed by atoms with van der Waals surface area (Å²) in [7, 11) is 0. The topological polar surface area (TPSA) is 51.4 Å². The number of hydrogen-bond acceptors (Lipinski definition) is 4. The van der Waals surface area contributed by atoms with Crippen molar-refractivity contribution in [3.8, 4) is 0 Å². The summed E-state index contributed by atoms with van der Waals surface area (Å²) in [6.45, 7) is 6.64. The molecule has 0 aromatic carbocycles. The molecule has 2 heterocycles. The number of ether oxygens (including phenoxy) is 1. The lowest BCUT2D eigenvalue weighted by atomic mass is 10.1. The van der Waals surface area contributed by atoms with Gasteiger partial charge in [0.15, 0.2) is 0 Å².